The van der Waals surface area contributed by atoms with Gasteiger partial charge in [0.2, 0.25) is 0 Å². The van der Waals surface area contributed by atoms with Gasteiger partial charge < -0.3 is 29.9 Å². The van der Waals surface area contributed by atoms with E-state index in [1.807, 2.05) is 58.0 Å². The van der Waals surface area contributed by atoms with Crippen molar-refractivity contribution < 1.29 is 19.0 Å². The summed E-state index contributed by atoms with van der Waals surface area (Å²) in [6.07, 6.45) is 10.8. The normalized spacial score (nSPS) is 17.6. The van der Waals surface area contributed by atoms with Gasteiger partial charge in [-0.2, -0.15) is 0 Å². The summed E-state index contributed by atoms with van der Waals surface area (Å²) in [5, 5.41) is 17.1. The Kier molecular flexibility index (Phi) is 14.3. The van der Waals surface area contributed by atoms with Crippen LogP contribution in [-0.4, -0.2) is 85.6 Å². The number of hydrogen-bond donors (Lipinski definition) is 2. The maximum atomic E-state index is 13.7. The molecule has 8 heteroatoms. The third kappa shape index (κ3) is 10.6. The number of hydrogen-bond acceptors (Lipinski definition) is 8. The summed E-state index contributed by atoms with van der Waals surface area (Å²) in [5.41, 5.74) is 1.50. The average molecular weight is 647 g/mol. The Labute approximate surface area is 283 Å². The molecule has 2 fully saturated rings. The topological polar surface area (TPSA) is 98.9 Å². The number of nitrogens with zero attached hydrogens (tertiary/aromatic N) is 2. The van der Waals surface area contributed by atoms with E-state index in [0.717, 1.165) is 62.1 Å². The fourth-order valence-electron chi connectivity index (χ4n) is 7.32. The summed E-state index contributed by atoms with van der Waals surface area (Å²) in [4.78, 5) is 18.9. The van der Waals surface area contributed by atoms with Crippen molar-refractivity contribution in [1.82, 2.24) is 9.80 Å². The Morgan fingerprint density at radius 2 is 1.68 bits per heavy atom. The van der Waals surface area contributed by atoms with Crippen molar-refractivity contribution in [2.75, 3.05) is 45.9 Å². The highest BCUT2D eigenvalue weighted by Gasteiger charge is 2.36. The highest BCUT2D eigenvalue weighted by Crippen LogP contribution is 2.41. The first-order valence-electron chi connectivity index (χ1n) is 18.0. The molecule has 8 nitrogen and oxygen atoms in total. The van der Waals surface area contributed by atoms with Crippen LogP contribution in [0.2, 0.25) is 0 Å². The summed E-state index contributed by atoms with van der Waals surface area (Å²) in [5.74, 6) is 1.95. The molecule has 0 bridgehead atoms. The van der Waals surface area contributed by atoms with E-state index in [0.29, 0.717) is 44.0 Å². The molecule has 0 radical (unpaired) electrons. The van der Waals surface area contributed by atoms with Crippen LogP contribution in [-0.2, 0) is 16.6 Å². The molecule has 1 atom stereocenters. The number of ether oxygens (including phenoxy) is 3. The molecule has 2 aromatic rings. The first-order valence-corrected chi connectivity index (χ1v) is 18.0. The molecule has 2 aliphatic rings. The molecule has 1 aliphatic heterocycles. The van der Waals surface area contributed by atoms with E-state index in [4.69, 9.17) is 25.0 Å². The van der Waals surface area contributed by atoms with E-state index in [1.165, 1.54) is 38.3 Å². The fraction of sp³-hybridized carbons (Fsp3) is 0.615. The summed E-state index contributed by atoms with van der Waals surface area (Å²) >= 11 is 0. The van der Waals surface area contributed by atoms with Crippen LogP contribution >= 0.6 is 0 Å². The molecular weight excluding hydrogens is 588 g/mol. The second-order valence-corrected chi connectivity index (χ2v) is 13.5. The van der Waals surface area contributed by atoms with Crippen LogP contribution < -0.4 is 14.2 Å². The third-order valence-electron chi connectivity index (χ3n) is 9.81. The third-order valence-corrected chi connectivity index (χ3v) is 9.81. The second kappa shape index (κ2) is 18.3. The van der Waals surface area contributed by atoms with Crippen molar-refractivity contribution in [2.45, 2.75) is 109 Å². The standard InChI is InChI=1S/C39H58N4O4/c1-5-45-37-17-16-32(28-38(37)46-6-2)39(18-11-20-40,19-21-42-22-24-43(25-23-42)33-13-8-7-9-14-33)29-35(41)36(44)27-31-12-10-15-34(26-31)47-30(3)4/h10,12,15-17,20,26,28,30,33,40-41H,5-9,11,13-14,18-19,21-25,27,29H2,1-4H3/t39-/m0/s1. The molecule has 47 heavy (non-hydrogen) atoms. The fourth-order valence-corrected chi connectivity index (χ4v) is 7.32. The lowest BCUT2D eigenvalue weighted by molar-refractivity contribution is -0.112. The highest BCUT2D eigenvalue weighted by molar-refractivity contribution is 6.39. The summed E-state index contributed by atoms with van der Waals surface area (Å²) < 4.78 is 17.8. The van der Waals surface area contributed by atoms with Gasteiger partial charge in [0.15, 0.2) is 17.3 Å². The molecule has 0 unspecified atom stereocenters. The molecule has 2 N–H and O–H groups in total. The highest BCUT2D eigenvalue weighted by atomic mass is 16.5. The van der Waals surface area contributed by atoms with Crippen LogP contribution in [0.5, 0.6) is 17.2 Å². The largest absolute Gasteiger partial charge is 0.491 e. The molecule has 258 valence electrons. The lowest BCUT2D eigenvalue weighted by Crippen LogP contribution is -2.51. The van der Waals surface area contributed by atoms with E-state index < -0.39 is 5.41 Å². The van der Waals surface area contributed by atoms with Crippen LogP contribution in [0.3, 0.4) is 0 Å². The summed E-state index contributed by atoms with van der Waals surface area (Å²) in [7, 11) is 0. The Bertz CT molecular complexity index is 1300. The zero-order valence-corrected chi connectivity index (χ0v) is 29.3. The number of benzene rings is 2. The molecule has 1 heterocycles. The number of rotatable bonds is 19. The molecular formula is C39H58N4O4. The van der Waals surface area contributed by atoms with E-state index in [9.17, 15) is 4.79 Å². The average Bonchev–Trinajstić information content (AvgIpc) is 3.07. The van der Waals surface area contributed by atoms with Gasteiger partial charge in [-0.05, 0) is 108 Å². The summed E-state index contributed by atoms with van der Waals surface area (Å²) in [6.45, 7) is 14.1. The Morgan fingerprint density at radius 3 is 2.36 bits per heavy atom. The number of nitrogens with one attached hydrogen (secondary N) is 2. The number of carbonyl (C=O) groups excluding carboxylic acids is 1. The number of piperazine rings is 1. The molecule has 0 spiro atoms. The quantitative estimate of drug-likeness (QED) is 0.153. The van der Waals surface area contributed by atoms with Gasteiger partial charge in [0.05, 0.1) is 25.0 Å². The monoisotopic (exact) mass is 646 g/mol. The van der Waals surface area contributed by atoms with E-state index >= 15 is 0 Å². The minimum absolute atomic E-state index is 0.0413. The van der Waals surface area contributed by atoms with Crippen LogP contribution in [0.1, 0.15) is 96.6 Å². The van der Waals surface area contributed by atoms with Gasteiger partial charge in [-0.3, -0.25) is 9.69 Å². The molecule has 1 aliphatic carbocycles. The van der Waals surface area contributed by atoms with Gasteiger partial charge >= 0.3 is 0 Å². The van der Waals surface area contributed by atoms with Crippen molar-refractivity contribution >= 4 is 17.7 Å². The maximum Gasteiger partial charge on any atom is 0.180 e. The number of ketones is 1. The number of Topliss-reactive ketones (excluding diaryl/α,β-unsaturated/α-hetero) is 1. The lowest BCUT2D eigenvalue weighted by Gasteiger charge is -2.42. The van der Waals surface area contributed by atoms with Crippen molar-refractivity contribution in [1.29, 1.82) is 10.8 Å². The van der Waals surface area contributed by atoms with Crippen LogP contribution in [0, 0.1) is 10.8 Å². The zero-order valence-electron chi connectivity index (χ0n) is 29.3. The van der Waals surface area contributed by atoms with E-state index in [-0.39, 0.29) is 24.0 Å². The van der Waals surface area contributed by atoms with Gasteiger partial charge in [0.1, 0.15) is 5.75 Å². The predicted octanol–water partition coefficient (Wildman–Crippen LogP) is 7.50. The van der Waals surface area contributed by atoms with Crippen molar-refractivity contribution in [3.8, 4) is 17.2 Å². The predicted molar refractivity (Wildman–Crippen MR) is 191 cm³/mol. The van der Waals surface area contributed by atoms with Gasteiger partial charge in [-0.25, -0.2) is 0 Å². The minimum Gasteiger partial charge on any atom is -0.491 e. The van der Waals surface area contributed by atoms with Gasteiger partial charge in [-0.15, -0.1) is 0 Å². The van der Waals surface area contributed by atoms with Crippen molar-refractivity contribution in [3.05, 3.63) is 53.6 Å². The lowest BCUT2D eigenvalue weighted by atomic mass is 9.69. The Morgan fingerprint density at radius 1 is 0.957 bits per heavy atom. The van der Waals surface area contributed by atoms with E-state index in [1.54, 1.807) is 0 Å². The Hall–Kier alpha value is -3.23. The summed E-state index contributed by atoms with van der Waals surface area (Å²) in [6, 6.07) is 14.5. The molecule has 1 saturated heterocycles. The first kappa shape index (κ1) is 36.6. The maximum absolute atomic E-state index is 13.7. The van der Waals surface area contributed by atoms with Crippen LogP contribution in [0.4, 0.5) is 0 Å². The van der Waals surface area contributed by atoms with Gasteiger partial charge in [-0.1, -0.05) is 37.5 Å². The SMILES string of the molecule is CCOc1ccc([C@@](CCC=N)(CCN2CCN(C3CCCCC3)CC2)CC(=N)C(=O)Cc2cccc(OC(C)C)c2)cc1OCC. The molecule has 4 rings (SSSR count). The molecule has 0 amide bonds. The minimum atomic E-state index is -0.510. The first-order chi connectivity index (χ1) is 22.8. The van der Waals surface area contributed by atoms with Crippen molar-refractivity contribution in [3.63, 3.8) is 0 Å². The molecule has 1 saturated carbocycles. The van der Waals surface area contributed by atoms with Crippen molar-refractivity contribution in [2.24, 2.45) is 0 Å². The van der Waals surface area contributed by atoms with Crippen LogP contribution in [0.15, 0.2) is 42.5 Å². The van der Waals surface area contributed by atoms with E-state index in [2.05, 4.69) is 21.9 Å². The second-order valence-electron chi connectivity index (χ2n) is 13.5. The molecule has 0 aromatic heterocycles. The van der Waals surface area contributed by atoms with Gasteiger partial charge in [0, 0.05) is 50.5 Å². The zero-order chi connectivity index (χ0) is 33.6. The smallest absolute Gasteiger partial charge is 0.180 e. The van der Waals surface area contributed by atoms with Crippen LogP contribution in [0.25, 0.3) is 0 Å². The molecule has 2 aromatic carbocycles. The van der Waals surface area contributed by atoms with Gasteiger partial charge in [0.25, 0.3) is 0 Å². The number of carbonyl (C=O) groups is 1. The Balaban J connectivity index is 1.57.